The standard InChI is InChI=1S/C14H21ClN2O.C2H6/c1-4-6-14(18-5-2)17-13-8-7-12(15)10(3)11(13)9-16;1-2/h7-9,14,16-17H,4-6H2,1-3H3;1-2H3. The highest BCUT2D eigenvalue weighted by Gasteiger charge is 2.11. The van der Waals surface area contributed by atoms with Gasteiger partial charge in [0.25, 0.3) is 0 Å². The van der Waals surface area contributed by atoms with Crippen molar-refractivity contribution in [2.45, 2.75) is 53.7 Å². The van der Waals surface area contributed by atoms with Crippen LogP contribution in [0.1, 0.15) is 51.7 Å². The van der Waals surface area contributed by atoms with Crippen LogP contribution in [0.2, 0.25) is 5.02 Å². The van der Waals surface area contributed by atoms with Crippen LogP contribution in [-0.2, 0) is 4.74 Å². The van der Waals surface area contributed by atoms with Crippen LogP contribution in [-0.4, -0.2) is 19.0 Å². The van der Waals surface area contributed by atoms with Crippen molar-refractivity contribution in [2.75, 3.05) is 11.9 Å². The number of benzene rings is 1. The Morgan fingerprint density at radius 3 is 2.50 bits per heavy atom. The van der Waals surface area contributed by atoms with E-state index in [0.29, 0.717) is 11.6 Å². The van der Waals surface area contributed by atoms with Gasteiger partial charge in [-0.1, -0.05) is 38.8 Å². The molecule has 0 bridgehead atoms. The van der Waals surface area contributed by atoms with E-state index in [-0.39, 0.29) is 6.23 Å². The lowest BCUT2D eigenvalue weighted by Gasteiger charge is -2.21. The summed E-state index contributed by atoms with van der Waals surface area (Å²) in [7, 11) is 0. The van der Waals surface area contributed by atoms with Crippen LogP contribution < -0.4 is 5.32 Å². The average Bonchev–Trinajstić information content (AvgIpc) is 2.46. The maximum Gasteiger partial charge on any atom is 0.127 e. The fourth-order valence-electron chi connectivity index (χ4n) is 1.85. The van der Waals surface area contributed by atoms with Crippen molar-refractivity contribution in [1.82, 2.24) is 0 Å². The Kier molecular flexibility index (Phi) is 10.1. The van der Waals surface area contributed by atoms with Gasteiger partial charge in [-0.25, -0.2) is 0 Å². The van der Waals surface area contributed by atoms with Gasteiger partial charge in [-0.3, -0.25) is 0 Å². The summed E-state index contributed by atoms with van der Waals surface area (Å²) >= 11 is 6.06. The van der Waals surface area contributed by atoms with Crippen molar-refractivity contribution in [1.29, 1.82) is 5.41 Å². The third kappa shape index (κ3) is 5.51. The molecule has 114 valence electrons. The van der Waals surface area contributed by atoms with E-state index in [1.165, 1.54) is 6.21 Å². The maximum atomic E-state index is 7.51. The molecule has 0 heterocycles. The van der Waals surface area contributed by atoms with Gasteiger partial charge in [-0.15, -0.1) is 0 Å². The molecule has 1 aromatic rings. The highest BCUT2D eigenvalue weighted by atomic mass is 35.5. The normalized spacial score (nSPS) is 11.3. The van der Waals surface area contributed by atoms with Crippen molar-refractivity contribution >= 4 is 23.5 Å². The van der Waals surface area contributed by atoms with Gasteiger partial charge in [0.1, 0.15) is 6.23 Å². The number of rotatable bonds is 7. The van der Waals surface area contributed by atoms with Crippen molar-refractivity contribution in [3.05, 3.63) is 28.3 Å². The lowest BCUT2D eigenvalue weighted by Crippen LogP contribution is -2.23. The van der Waals surface area contributed by atoms with Crippen molar-refractivity contribution < 1.29 is 4.74 Å². The fraction of sp³-hybridized carbons (Fsp3) is 0.562. The first-order valence-corrected chi connectivity index (χ1v) is 7.69. The van der Waals surface area contributed by atoms with Gasteiger partial charge in [0, 0.05) is 29.1 Å². The second-order valence-corrected chi connectivity index (χ2v) is 4.56. The minimum absolute atomic E-state index is 0.0146. The lowest BCUT2D eigenvalue weighted by atomic mass is 10.1. The zero-order valence-electron chi connectivity index (χ0n) is 13.2. The largest absolute Gasteiger partial charge is 0.360 e. The average molecular weight is 299 g/mol. The minimum Gasteiger partial charge on any atom is -0.360 e. The van der Waals surface area contributed by atoms with E-state index in [2.05, 4.69) is 12.2 Å². The molecule has 3 nitrogen and oxygen atoms in total. The molecule has 1 aromatic carbocycles. The molecule has 0 aliphatic carbocycles. The van der Waals surface area contributed by atoms with Gasteiger partial charge in [0.15, 0.2) is 0 Å². The monoisotopic (exact) mass is 298 g/mol. The summed E-state index contributed by atoms with van der Waals surface area (Å²) in [5.41, 5.74) is 2.64. The van der Waals surface area contributed by atoms with Crippen LogP contribution in [0.4, 0.5) is 5.69 Å². The summed E-state index contributed by atoms with van der Waals surface area (Å²) in [5, 5.41) is 11.5. The molecule has 0 saturated heterocycles. The van der Waals surface area contributed by atoms with E-state index >= 15 is 0 Å². The summed E-state index contributed by atoms with van der Waals surface area (Å²) in [5.74, 6) is 0. The molecule has 0 spiro atoms. The first-order valence-electron chi connectivity index (χ1n) is 7.31. The van der Waals surface area contributed by atoms with Gasteiger partial charge >= 0.3 is 0 Å². The van der Waals surface area contributed by atoms with Crippen LogP contribution in [0.5, 0.6) is 0 Å². The fourth-order valence-corrected chi connectivity index (χ4v) is 2.01. The smallest absolute Gasteiger partial charge is 0.127 e. The number of hydrogen-bond donors (Lipinski definition) is 2. The molecule has 1 rings (SSSR count). The first kappa shape index (κ1) is 18.9. The Morgan fingerprint density at radius 2 is 2.00 bits per heavy atom. The quantitative estimate of drug-likeness (QED) is 0.533. The molecule has 0 radical (unpaired) electrons. The SMILES string of the molecule is CC.CCCC(Nc1ccc(Cl)c(C)c1C=N)OCC. The van der Waals surface area contributed by atoms with Crippen molar-refractivity contribution in [2.24, 2.45) is 0 Å². The Bertz CT molecular complexity index is 402. The summed E-state index contributed by atoms with van der Waals surface area (Å²) in [6.07, 6.45) is 3.30. The van der Waals surface area contributed by atoms with Crippen LogP contribution in [0.25, 0.3) is 0 Å². The predicted octanol–water partition coefficient (Wildman–Crippen LogP) is 5.25. The maximum absolute atomic E-state index is 7.51. The van der Waals surface area contributed by atoms with E-state index in [1.807, 2.05) is 39.8 Å². The second kappa shape index (κ2) is 10.7. The molecule has 0 fully saturated rings. The molecule has 1 atom stereocenters. The molecule has 0 aliphatic heterocycles. The van der Waals surface area contributed by atoms with E-state index in [4.69, 9.17) is 21.7 Å². The Hall–Kier alpha value is -1.06. The van der Waals surface area contributed by atoms with E-state index in [0.717, 1.165) is 29.7 Å². The van der Waals surface area contributed by atoms with E-state index < -0.39 is 0 Å². The van der Waals surface area contributed by atoms with Crippen LogP contribution in [0, 0.1) is 12.3 Å². The summed E-state index contributed by atoms with van der Waals surface area (Å²) < 4.78 is 5.64. The van der Waals surface area contributed by atoms with Gasteiger partial charge in [-0.05, 0) is 38.0 Å². The predicted molar refractivity (Wildman–Crippen MR) is 89.4 cm³/mol. The molecule has 0 amide bonds. The third-order valence-corrected chi connectivity index (χ3v) is 3.24. The highest BCUT2D eigenvalue weighted by Crippen LogP contribution is 2.26. The number of nitrogens with one attached hydrogen (secondary N) is 2. The molecular weight excluding hydrogens is 272 g/mol. The number of anilines is 1. The van der Waals surface area contributed by atoms with Crippen LogP contribution in [0.3, 0.4) is 0 Å². The molecule has 0 aliphatic rings. The number of hydrogen-bond acceptors (Lipinski definition) is 3. The van der Waals surface area contributed by atoms with Gasteiger partial charge in [-0.2, -0.15) is 0 Å². The van der Waals surface area contributed by atoms with Crippen molar-refractivity contribution in [3.8, 4) is 0 Å². The molecule has 4 heteroatoms. The second-order valence-electron chi connectivity index (χ2n) is 4.15. The Balaban J connectivity index is 0.00000172. The Labute approximate surface area is 128 Å². The number of ether oxygens (including phenoxy) is 1. The zero-order valence-corrected chi connectivity index (χ0v) is 14.0. The molecular formula is C16H27ClN2O. The summed E-state index contributed by atoms with van der Waals surface area (Å²) in [6, 6.07) is 3.75. The lowest BCUT2D eigenvalue weighted by molar-refractivity contribution is 0.0762. The molecule has 2 N–H and O–H groups in total. The molecule has 1 unspecified atom stereocenters. The van der Waals surface area contributed by atoms with Crippen molar-refractivity contribution in [3.63, 3.8) is 0 Å². The first-order chi connectivity index (χ1) is 9.63. The summed E-state index contributed by atoms with van der Waals surface area (Å²) in [4.78, 5) is 0. The topological polar surface area (TPSA) is 45.1 Å². The van der Waals surface area contributed by atoms with Crippen LogP contribution >= 0.6 is 11.6 Å². The van der Waals surface area contributed by atoms with Gasteiger partial charge < -0.3 is 15.5 Å². The van der Waals surface area contributed by atoms with Gasteiger partial charge in [0.2, 0.25) is 0 Å². The molecule has 0 saturated carbocycles. The highest BCUT2D eigenvalue weighted by molar-refractivity contribution is 6.31. The van der Waals surface area contributed by atoms with E-state index in [1.54, 1.807) is 0 Å². The number of halogens is 1. The zero-order chi connectivity index (χ0) is 15.5. The minimum atomic E-state index is -0.0146. The van der Waals surface area contributed by atoms with Crippen LogP contribution in [0.15, 0.2) is 12.1 Å². The van der Waals surface area contributed by atoms with Gasteiger partial charge in [0.05, 0.1) is 0 Å². The van der Waals surface area contributed by atoms with E-state index in [9.17, 15) is 0 Å². The molecule has 20 heavy (non-hydrogen) atoms. The third-order valence-electron chi connectivity index (χ3n) is 2.83. The Morgan fingerprint density at radius 1 is 1.35 bits per heavy atom. The summed E-state index contributed by atoms with van der Waals surface area (Å²) in [6.45, 7) is 10.7. The molecule has 0 aromatic heterocycles.